The molecule has 100 valence electrons. The number of carbonyl (C=O) groups is 1. The Morgan fingerprint density at radius 2 is 2.37 bits per heavy atom. The average molecular weight is 282 g/mol. The molecule has 1 amide bonds. The summed E-state index contributed by atoms with van der Waals surface area (Å²) < 4.78 is 9.73. The summed E-state index contributed by atoms with van der Waals surface area (Å²) in [5, 5.41) is 6.90. The lowest BCUT2D eigenvalue weighted by Gasteiger charge is -2.00. The van der Waals surface area contributed by atoms with E-state index in [1.807, 2.05) is 6.07 Å². The number of rotatable bonds is 4. The lowest BCUT2D eigenvalue weighted by Crippen LogP contribution is -2.23. The van der Waals surface area contributed by atoms with Crippen molar-refractivity contribution in [1.29, 1.82) is 0 Å². The van der Waals surface area contributed by atoms with Gasteiger partial charge in [0.25, 0.3) is 0 Å². The van der Waals surface area contributed by atoms with Crippen LogP contribution in [0.5, 0.6) is 0 Å². The normalized spacial score (nSPS) is 10.2. The summed E-state index contributed by atoms with van der Waals surface area (Å²) >= 11 is 5.88. The van der Waals surface area contributed by atoms with E-state index >= 15 is 0 Å². The number of ether oxygens (including phenoxy) is 1. The van der Waals surface area contributed by atoms with Gasteiger partial charge >= 0.3 is 6.09 Å². The molecule has 1 aromatic carbocycles. The second kappa shape index (κ2) is 6.19. The van der Waals surface area contributed by atoms with Crippen LogP contribution in [-0.2, 0) is 11.3 Å². The Morgan fingerprint density at radius 3 is 3.11 bits per heavy atom. The third-order valence-corrected chi connectivity index (χ3v) is 2.45. The third kappa shape index (κ3) is 3.69. The molecule has 19 heavy (non-hydrogen) atoms. The van der Waals surface area contributed by atoms with Gasteiger partial charge < -0.3 is 14.6 Å². The maximum atomic E-state index is 11.1. The zero-order chi connectivity index (χ0) is 13.7. The molecule has 2 aromatic rings. The van der Waals surface area contributed by atoms with Crippen molar-refractivity contribution in [2.24, 2.45) is 0 Å². The number of hydrogen-bond donors (Lipinski definition) is 1. The molecule has 2 rings (SSSR count). The zero-order valence-corrected chi connectivity index (χ0v) is 11.0. The van der Waals surface area contributed by atoms with Gasteiger partial charge in [-0.1, -0.05) is 28.9 Å². The van der Waals surface area contributed by atoms with E-state index in [0.717, 1.165) is 5.56 Å². The Balaban J connectivity index is 2.01. The van der Waals surface area contributed by atoms with E-state index in [2.05, 4.69) is 15.5 Å². The van der Waals surface area contributed by atoms with Crippen molar-refractivity contribution in [3.63, 3.8) is 0 Å². The van der Waals surface area contributed by atoms with Crippen molar-refractivity contribution >= 4 is 17.7 Å². The lowest BCUT2D eigenvalue weighted by atomic mass is 10.2. The second-order valence-corrected chi connectivity index (χ2v) is 4.03. The fourth-order valence-corrected chi connectivity index (χ4v) is 1.59. The van der Waals surface area contributed by atoms with Crippen LogP contribution in [-0.4, -0.2) is 22.8 Å². The molecule has 0 fully saturated rings. The average Bonchev–Trinajstić information content (AvgIpc) is 2.85. The van der Waals surface area contributed by atoms with E-state index in [0.29, 0.717) is 23.3 Å². The Morgan fingerprint density at radius 1 is 1.53 bits per heavy atom. The van der Waals surface area contributed by atoms with E-state index in [1.54, 1.807) is 25.1 Å². The molecule has 0 bridgehead atoms. The van der Waals surface area contributed by atoms with Crippen LogP contribution >= 0.6 is 11.6 Å². The molecular formula is C12H12ClN3O3. The smallest absolute Gasteiger partial charge is 0.407 e. The molecule has 0 saturated heterocycles. The summed E-state index contributed by atoms with van der Waals surface area (Å²) in [4.78, 5) is 15.2. The molecule has 0 aliphatic heterocycles. The van der Waals surface area contributed by atoms with Crippen LogP contribution in [0.1, 0.15) is 12.8 Å². The van der Waals surface area contributed by atoms with Gasteiger partial charge in [0, 0.05) is 10.6 Å². The van der Waals surface area contributed by atoms with Crippen molar-refractivity contribution < 1.29 is 14.1 Å². The Labute approximate surface area is 114 Å². The van der Waals surface area contributed by atoms with Crippen molar-refractivity contribution in [3.8, 4) is 11.4 Å². The Bertz CT molecular complexity index is 571. The first-order chi connectivity index (χ1) is 9.19. The number of carbonyl (C=O) groups excluding carboxylic acids is 1. The van der Waals surface area contributed by atoms with Gasteiger partial charge in [0.15, 0.2) is 0 Å². The van der Waals surface area contributed by atoms with Gasteiger partial charge in [-0.25, -0.2) is 4.79 Å². The van der Waals surface area contributed by atoms with Crippen LogP contribution in [0.3, 0.4) is 0 Å². The summed E-state index contributed by atoms with van der Waals surface area (Å²) in [6, 6.07) is 7.10. The highest BCUT2D eigenvalue weighted by Crippen LogP contribution is 2.19. The number of nitrogens with one attached hydrogen (secondary N) is 1. The lowest BCUT2D eigenvalue weighted by molar-refractivity contribution is 0.150. The molecule has 1 heterocycles. The summed E-state index contributed by atoms with van der Waals surface area (Å²) in [5.41, 5.74) is 0.749. The standard InChI is InChI=1S/C12H12ClN3O3/c1-2-18-12(17)14-7-10-15-11(16-19-10)8-4-3-5-9(13)6-8/h3-6H,2,7H2,1H3,(H,14,17). The number of aromatic nitrogens is 2. The molecule has 0 aliphatic rings. The van der Waals surface area contributed by atoms with Gasteiger partial charge in [0.1, 0.15) is 6.54 Å². The van der Waals surface area contributed by atoms with Gasteiger partial charge in [0.2, 0.25) is 11.7 Å². The summed E-state index contributed by atoms with van der Waals surface area (Å²) in [7, 11) is 0. The van der Waals surface area contributed by atoms with Crippen LogP contribution in [0, 0.1) is 0 Å². The molecule has 0 saturated carbocycles. The number of halogens is 1. The largest absolute Gasteiger partial charge is 0.450 e. The highest BCUT2D eigenvalue weighted by molar-refractivity contribution is 6.30. The highest BCUT2D eigenvalue weighted by Gasteiger charge is 2.10. The van der Waals surface area contributed by atoms with E-state index in [1.165, 1.54) is 0 Å². The predicted molar refractivity (Wildman–Crippen MR) is 68.6 cm³/mol. The number of alkyl carbamates (subject to hydrolysis) is 1. The van der Waals surface area contributed by atoms with Crippen molar-refractivity contribution in [2.75, 3.05) is 6.61 Å². The molecule has 1 N–H and O–H groups in total. The number of hydrogen-bond acceptors (Lipinski definition) is 5. The Kier molecular flexibility index (Phi) is 4.35. The maximum Gasteiger partial charge on any atom is 0.407 e. The molecule has 1 aromatic heterocycles. The van der Waals surface area contributed by atoms with Crippen LogP contribution in [0.4, 0.5) is 4.79 Å². The predicted octanol–water partition coefficient (Wildman–Crippen LogP) is 2.64. The minimum atomic E-state index is -0.523. The number of benzene rings is 1. The van der Waals surface area contributed by atoms with Gasteiger partial charge in [0.05, 0.1) is 6.61 Å². The monoisotopic (exact) mass is 281 g/mol. The Hall–Kier alpha value is -2.08. The van der Waals surface area contributed by atoms with Crippen LogP contribution < -0.4 is 5.32 Å². The molecule has 6 nitrogen and oxygen atoms in total. The van der Waals surface area contributed by atoms with Crippen molar-refractivity contribution in [2.45, 2.75) is 13.5 Å². The minimum Gasteiger partial charge on any atom is -0.450 e. The van der Waals surface area contributed by atoms with Gasteiger partial charge in [-0.15, -0.1) is 0 Å². The fourth-order valence-electron chi connectivity index (χ4n) is 1.40. The van der Waals surface area contributed by atoms with E-state index in [9.17, 15) is 4.79 Å². The third-order valence-electron chi connectivity index (χ3n) is 2.21. The molecule has 0 atom stereocenters. The van der Waals surface area contributed by atoms with E-state index < -0.39 is 6.09 Å². The molecule has 0 radical (unpaired) electrons. The van der Waals surface area contributed by atoms with Gasteiger partial charge in [-0.2, -0.15) is 4.98 Å². The SMILES string of the molecule is CCOC(=O)NCc1nc(-c2cccc(Cl)c2)no1. The highest BCUT2D eigenvalue weighted by atomic mass is 35.5. The molecule has 0 spiro atoms. The van der Waals surface area contributed by atoms with Crippen LogP contribution in [0.15, 0.2) is 28.8 Å². The zero-order valence-electron chi connectivity index (χ0n) is 10.2. The number of amides is 1. The maximum absolute atomic E-state index is 11.1. The molecule has 0 aliphatic carbocycles. The second-order valence-electron chi connectivity index (χ2n) is 3.60. The summed E-state index contributed by atoms with van der Waals surface area (Å²) in [6.45, 7) is 2.15. The van der Waals surface area contributed by atoms with E-state index in [4.69, 9.17) is 20.9 Å². The quantitative estimate of drug-likeness (QED) is 0.932. The number of nitrogens with zero attached hydrogens (tertiary/aromatic N) is 2. The van der Waals surface area contributed by atoms with Crippen molar-refractivity contribution in [3.05, 3.63) is 35.2 Å². The topological polar surface area (TPSA) is 77.2 Å². The van der Waals surface area contributed by atoms with Crippen molar-refractivity contribution in [1.82, 2.24) is 15.5 Å². The van der Waals surface area contributed by atoms with Crippen LogP contribution in [0.2, 0.25) is 5.02 Å². The van der Waals surface area contributed by atoms with E-state index in [-0.39, 0.29) is 6.54 Å². The molecular weight excluding hydrogens is 270 g/mol. The van der Waals surface area contributed by atoms with Gasteiger partial charge in [-0.3, -0.25) is 0 Å². The minimum absolute atomic E-state index is 0.117. The first-order valence-corrected chi connectivity index (χ1v) is 6.06. The van der Waals surface area contributed by atoms with Gasteiger partial charge in [-0.05, 0) is 19.1 Å². The first-order valence-electron chi connectivity index (χ1n) is 5.68. The first kappa shape index (κ1) is 13.4. The fraction of sp³-hybridized carbons (Fsp3) is 0.250. The molecule has 7 heteroatoms. The summed E-state index contributed by atoms with van der Waals surface area (Å²) in [6.07, 6.45) is -0.523. The summed E-state index contributed by atoms with van der Waals surface area (Å²) in [5.74, 6) is 0.714. The molecule has 0 unspecified atom stereocenters. The van der Waals surface area contributed by atoms with Crippen LogP contribution in [0.25, 0.3) is 11.4 Å².